The molecule has 0 aliphatic carbocycles. The number of rotatable bonds is 43. The van der Waals surface area contributed by atoms with Gasteiger partial charge < -0.3 is 26.7 Å². The van der Waals surface area contributed by atoms with Gasteiger partial charge in [-0.15, -0.1) is 6.08 Å². The molecule has 0 spiro atoms. The minimum atomic E-state index is 0. The summed E-state index contributed by atoms with van der Waals surface area (Å²) in [5.41, 5.74) is 4.22. The van der Waals surface area contributed by atoms with Crippen LogP contribution in [0.2, 0.25) is 0 Å². The summed E-state index contributed by atoms with van der Waals surface area (Å²) < 4.78 is 0. The van der Waals surface area contributed by atoms with Gasteiger partial charge in [0.15, 0.2) is 0 Å². The van der Waals surface area contributed by atoms with Gasteiger partial charge in [0.25, 0.3) is 0 Å². The van der Waals surface area contributed by atoms with E-state index in [0.717, 1.165) is 38.6 Å². The summed E-state index contributed by atoms with van der Waals surface area (Å²) in [5, 5.41) is 0. The maximum absolute atomic E-state index is 4.77. The Balaban J connectivity index is -0.000000642. The van der Waals surface area contributed by atoms with Crippen molar-refractivity contribution >= 4 is 5.71 Å². The number of allylic oxidation sites excluding steroid dienone is 3. The first-order chi connectivity index (χ1) is 29.0. The summed E-state index contributed by atoms with van der Waals surface area (Å²) in [6.07, 6.45) is 57.7. The van der Waals surface area contributed by atoms with E-state index < -0.39 is 0 Å². The van der Waals surface area contributed by atoms with Crippen LogP contribution in [0.4, 0.5) is 0 Å². The molecular weight excluding hydrogens is 746 g/mol. The van der Waals surface area contributed by atoms with Crippen LogP contribution >= 0.6 is 0 Å². The average Bonchev–Trinajstić information content (AvgIpc) is 3.25. The molecule has 0 aromatic rings. The Morgan fingerprint density at radius 3 is 1.29 bits per heavy atom. The fourth-order valence-electron chi connectivity index (χ4n) is 8.86. The maximum Gasteiger partial charge on any atom is 1.00 e. The van der Waals surface area contributed by atoms with E-state index in [4.69, 9.17) is 4.99 Å². The van der Waals surface area contributed by atoms with E-state index in [1.165, 1.54) is 242 Å². The van der Waals surface area contributed by atoms with Crippen LogP contribution in [0.25, 0.3) is 0 Å². The van der Waals surface area contributed by atoms with E-state index in [1.54, 1.807) is 0 Å². The van der Waals surface area contributed by atoms with Gasteiger partial charge in [0.1, 0.15) is 0 Å². The van der Waals surface area contributed by atoms with Crippen molar-refractivity contribution in [3.05, 3.63) is 51.6 Å². The Labute approximate surface area is 407 Å². The molecule has 0 radical (unpaired) electrons. The summed E-state index contributed by atoms with van der Waals surface area (Å²) in [6, 6.07) is 0. The van der Waals surface area contributed by atoms with E-state index in [-0.39, 0.29) is 33.7 Å². The molecule has 0 aromatic heterocycles. The molecule has 0 bridgehead atoms. The molecule has 1 aliphatic rings. The van der Waals surface area contributed by atoms with Gasteiger partial charge in [0, 0.05) is 18.4 Å². The van der Waals surface area contributed by atoms with Gasteiger partial charge in [-0.2, -0.15) is 12.8 Å². The monoisotopic (exact) mass is 861 g/mol. The van der Waals surface area contributed by atoms with Crippen LogP contribution < -0.4 is 18.9 Å². The summed E-state index contributed by atoms with van der Waals surface area (Å²) in [4.78, 5) is 9.99. The second-order valence-electron chi connectivity index (χ2n) is 18.4. The summed E-state index contributed by atoms with van der Waals surface area (Å²) in [7, 11) is 2.28. The number of hydrogen-bond donors (Lipinski definition) is 0. The van der Waals surface area contributed by atoms with Gasteiger partial charge in [-0.3, -0.25) is 16.4 Å². The van der Waals surface area contributed by atoms with Crippen molar-refractivity contribution in [1.82, 2.24) is 9.80 Å². The summed E-state index contributed by atoms with van der Waals surface area (Å²) in [5.74, 6) is 0. The molecule has 3 nitrogen and oxygen atoms in total. The number of aliphatic imine (C=N–C) groups is 1. The molecule has 62 heavy (non-hydrogen) atoms. The van der Waals surface area contributed by atoms with Crippen molar-refractivity contribution in [2.45, 2.75) is 292 Å². The number of unbranched alkanes of at least 4 members (excludes halogenated alkanes) is 30. The zero-order chi connectivity index (χ0) is 43.3. The minimum absolute atomic E-state index is 0. The van der Waals surface area contributed by atoms with Crippen LogP contribution in [0.15, 0.2) is 28.3 Å². The van der Waals surface area contributed by atoms with Gasteiger partial charge >= 0.3 is 18.9 Å². The molecule has 1 heterocycles. The van der Waals surface area contributed by atoms with Crippen LogP contribution in [0, 0.1) is 28.3 Å². The Morgan fingerprint density at radius 1 is 0.597 bits per heavy atom. The molecule has 0 saturated heterocycles. The third-order valence-electron chi connectivity index (χ3n) is 12.9. The fourth-order valence-corrected chi connectivity index (χ4v) is 8.86. The Morgan fingerprint density at radius 2 is 0.952 bits per heavy atom. The molecule has 1 rings (SSSR count). The van der Waals surface area contributed by atoms with Crippen molar-refractivity contribution in [3.63, 3.8) is 0 Å². The molecule has 0 fully saturated rings. The first-order valence-electron chi connectivity index (χ1n) is 27.0. The van der Waals surface area contributed by atoms with Crippen LogP contribution in [0.1, 0.15) is 286 Å². The molecule has 1 aliphatic heterocycles. The zero-order valence-corrected chi connectivity index (χ0v) is 44.8. The molecule has 0 N–H and O–H groups in total. The predicted octanol–water partition coefficient (Wildman–Crippen LogP) is 16.7. The summed E-state index contributed by atoms with van der Waals surface area (Å²) >= 11 is 0. The fraction of sp³-hybridized carbons (Fsp3) is 0.845. The molecular formula is C58H115LiN3-3. The van der Waals surface area contributed by atoms with Crippen molar-refractivity contribution in [3.8, 4) is 0 Å². The number of nitrogens with zero attached hydrogens (tertiary/aromatic N) is 3. The Bertz CT molecular complexity index is 909. The first kappa shape index (κ1) is 68.3. The molecule has 0 saturated carbocycles. The largest absolute Gasteiger partial charge is 1.00 e. The third kappa shape index (κ3) is 42.3. The van der Waals surface area contributed by atoms with E-state index in [2.05, 4.69) is 84.0 Å². The Hall–Kier alpha value is -0.333. The standard InChI is InChI=1S/C38H79N2.C18H30N.2CH3.Li/c1-6-9-11-13-15-17-19-21-23-25-27-29-31-33-36-40(38(4)39(5)35-8-3)37-34-32-30-28-26-24-22-20-18-16-14-12-10-7-2;1-4-7-8-9-10-14-18-17(13-11-15-19-18)16(6-3)12-5-2;;;/h35,38H,6-34,36-37H2,1-5H3;12-13H,2,4-11,14-15H2,1,3H3;2*1H3;/q4*-1;+1/b;16-12+;;;. The topological polar surface area (TPSA) is 18.8 Å². The van der Waals surface area contributed by atoms with Gasteiger partial charge in [-0.1, -0.05) is 233 Å². The molecule has 1 atom stereocenters. The smallest absolute Gasteiger partial charge is 0.445 e. The van der Waals surface area contributed by atoms with Gasteiger partial charge in [-0.05, 0) is 76.7 Å². The van der Waals surface area contributed by atoms with Crippen molar-refractivity contribution < 1.29 is 18.9 Å². The number of hydrogen-bond acceptors (Lipinski definition) is 3. The van der Waals surface area contributed by atoms with Crippen molar-refractivity contribution in [2.24, 2.45) is 4.99 Å². The van der Waals surface area contributed by atoms with Crippen LogP contribution in [-0.2, 0) is 0 Å². The van der Waals surface area contributed by atoms with E-state index in [9.17, 15) is 0 Å². The van der Waals surface area contributed by atoms with Gasteiger partial charge in [-0.25, -0.2) is 0 Å². The van der Waals surface area contributed by atoms with Gasteiger partial charge in [0.05, 0.1) is 0 Å². The summed E-state index contributed by atoms with van der Waals surface area (Å²) in [6.45, 7) is 23.6. The Kier molecular flexibility index (Phi) is 60.5. The van der Waals surface area contributed by atoms with Crippen LogP contribution in [0.5, 0.6) is 0 Å². The van der Waals surface area contributed by atoms with E-state index in [1.807, 2.05) is 0 Å². The predicted molar refractivity (Wildman–Crippen MR) is 284 cm³/mol. The van der Waals surface area contributed by atoms with Crippen LogP contribution in [0.3, 0.4) is 0 Å². The van der Waals surface area contributed by atoms with E-state index in [0.29, 0.717) is 6.17 Å². The second kappa shape index (κ2) is 55.0. The second-order valence-corrected chi connectivity index (χ2v) is 18.4. The molecule has 0 amide bonds. The quantitative estimate of drug-likeness (QED) is 0.0263. The SMILES string of the molecule is CC[CH-]N(C)C(C)N(CCCCCCCCCCCCCCCC)CCCCCCCCCCCCCCCC.[CH2-]C/C=C(\CC)C1=CCCN=C1CCCCCCC.[CH3-].[CH3-].[Li+]. The minimum Gasteiger partial charge on any atom is -0.445 e. The third-order valence-corrected chi connectivity index (χ3v) is 12.9. The van der Waals surface area contributed by atoms with E-state index >= 15 is 0 Å². The van der Waals surface area contributed by atoms with Crippen molar-refractivity contribution in [2.75, 3.05) is 26.7 Å². The zero-order valence-electron chi connectivity index (χ0n) is 44.8. The maximum atomic E-state index is 4.77. The molecule has 366 valence electrons. The molecule has 1 unspecified atom stereocenters. The van der Waals surface area contributed by atoms with Crippen LogP contribution in [-0.4, -0.2) is 48.4 Å². The first-order valence-corrected chi connectivity index (χ1v) is 27.0. The number of dihydropyridines is 1. The van der Waals surface area contributed by atoms with Gasteiger partial charge in [0.2, 0.25) is 0 Å². The molecule has 4 heteroatoms. The average molecular weight is 862 g/mol. The van der Waals surface area contributed by atoms with Crippen molar-refractivity contribution in [1.29, 1.82) is 0 Å². The normalized spacial score (nSPS) is 13.2. The molecule has 0 aromatic carbocycles.